The molecule has 0 aliphatic carbocycles. The Balaban J connectivity index is 1.78. The molecule has 0 bridgehead atoms. The van der Waals surface area contributed by atoms with Crippen LogP contribution in [0.4, 0.5) is 18.9 Å². The van der Waals surface area contributed by atoms with Crippen molar-refractivity contribution in [3.63, 3.8) is 0 Å². The van der Waals surface area contributed by atoms with E-state index < -0.39 is 33.6 Å². The van der Waals surface area contributed by atoms with Crippen LogP contribution in [-0.2, 0) is 21.0 Å². The maximum Gasteiger partial charge on any atom is 0.416 e. The number of hydrogen-bond donors (Lipinski definition) is 1. The summed E-state index contributed by atoms with van der Waals surface area (Å²) in [7, 11) is -3.80. The molecule has 3 rings (SSSR count). The van der Waals surface area contributed by atoms with Crippen LogP contribution in [0.15, 0.2) is 41.3 Å². The maximum atomic E-state index is 13.3. The van der Waals surface area contributed by atoms with Crippen molar-refractivity contribution < 1.29 is 26.4 Å². The van der Waals surface area contributed by atoms with Crippen LogP contribution in [0.5, 0.6) is 0 Å². The van der Waals surface area contributed by atoms with Crippen molar-refractivity contribution in [1.82, 2.24) is 4.31 Å². The Kier molecular flexibility index (Phi) is 6.48. The van der Waals surface area contributed by atoms with Gasteiger partial charge in [-0.05, 0) is 62.9 Å². The standard InChI is InChI=1S/C22H25F3N2O3S/c1-14-10-15(2)20(16(3)11-14)31(29,30)27-9-5-6-17(13-27)21(28)26-19-8-4-7-18(12-19)22(23,24)25/h4,7-8,10-12,17H,5-6,9,13H2,1-3H3,(H,26,28)/t17-/m0/s1. The summed E-state index contributed by atoms with van der Waals surface area (Å²) in [6.45, 7) is 5.66. The molecule has 0 unspecified atom stereocenters. The molecular weight excluding hydrogens is 429 g/mol. The van der Waals surface area contributed by atoms with Gasteiger partial charge in [-0.15, -0.1) is 0 Å². The summed E-state index contributed by atoms with van der Waals surface area (Å²) in [5, 5.41) is 2.51. The highest BCUT2D eigenvalue weighted by atomic mass is 32.2. The largest absolute Gasteiger partial charge is 0.416 e. The first kappa shape index (κ1) is 23.3. The van der Waals surface area contributed by atoms with Crippen LogP contribution >= 0.6 is 0 Å². The van der Waals surface area contributed by atoms with Gasteiger partial charge in [0, 0.05) is 18.8 Å². The van der Waals surface area contributed by atoms with Gasteiger partial charge in [0.2, 0.25) is 15.9 Å². The summed E-state index contributed by atoms with van der Waals surface area (Å²) in [5.41, 5.74) is 1.43. The number of anilines is 1. The van der Waals surface area contributed by atoms with Crippen LogP contribution in [0, 0.1) is 26.7 Å². The second-order valence-electron chi connectivity index (χ2n) is 8.00. The van der Waals surface area contributed by atoms with Gasteiger partial charge >= 0.3 is 6.18 Å². The third kappa shape index (κ3) is 5.10. The van der Waals surface area contributed by atoms with Gasteiger partial charge in [0.15, 0.2) is 0 Å². The molecule has 1 heterocycles. The fourth-order valence-electron chi connectivity index (χ4n) is 4.10. The van der Waals surface area contributed by atoms with Gasteiger partial charge in [0.1, 0.15) is 0 Å². The number of amides is 1. The summed E-state index contributed by atoms with van der Waals surface area (Å²) in [5.74, 6) is -1.14. The number of nitrogens with zero attached hydrogens (tertiary/aromatic N) is 1. The van der Waals surface area contributed by atoms with Crippen molar-refractivity contribution >= 4 is 21.6 Å². The van der Waals surface area contributed by atoms with Gasteiger partial charge in [0.25, 0.3) is 0 Å². The molecule has 0 spiro atoms. The highest BCUT2D eigenvalue weighted by molar-refractivity contribution is 7.89. The lowest BCUT2D eigenvalue weighted by molar-refractivity contribution is -0.137. The number of carbonyl (C=O) groups excluding carboxylic acids is 1. The Hall–Kier alpha value is -2.39. The normalized spacial score (nSPS) is 18.1. The number of nitrogens with one attached hydrogen (secondary N) is 1. The van der Waals surface area contributed by atoms with Gasteiger partial charge in [-0.25, -0.2) is 8.42 Å². The summed E-state index contributed by atoms with van der Waals surface area (Å²) in [4.78, 5) is 12.9. The van der Waals surface area contributed by atoms with Crippen LogP contribution < -0.4 is 5.32 Å². The van der Waals surface area contributed by atoms with Gasteiger partial charge in [0.05, 0.1) is 16.4 Å². The minimum absolute atomic E-state index is 0.0140. The van der Waals surface area contributed by atoms with Crippen molar-refractivity contribution in [1.29, 1.82) is 0 Å². The molecular formula is C22H25F3N2O3S. The zero-order valence-corrected chi connectivity index (χ0v) is 18.4. The number of rotatable bonds is 4. The number of aryl methyl sites for hydroxylation is 3. The molecule has 5 nitrogen and oxygen atoms in total. The highest BCUT2D eigenvalue weighted by Gasteiger charge is 2.35. The first-order chi connectivity index (χ1) is 14.4. The van der Waals surface area contributed by atoms with Crippen molar-refractivity contribution in [2.75, 3.05) is 18.4 Å². The minimum Gasteiger partial charge on any atom is -0.326 e. The molecule has 2 aromatic rings. The Morgan fingerprint density at radius 3 is 2.35 bits per heavy atom. The number of halogens is 3. The molecule has 1 N–H and O–H groups in total. The fraction of sp³-hybridized carbons (Fsp3) is 0.409. The van der Waals surface area contributed by atoms with Gasteiger partial charge in [-0.2, -0.15) is 17.5 Å². The molecule has 0 aromatic heterocycles. The van der Waals surface area contributed by atoms with Crippen LogP contribution in [-0.4, -0.2) is 31.7 Å². The number of hydrogen-bond acceptors (Lipinski definition) is 3. The molecule has 1 aliphatic rings. The van der Waals surface area contributed by atoms with E-state index in [2.05, 4.69) is 5.32 Å². The van der Waals surface area contributed by atoms with Gasteiger partial charge < -0.3 is 5.32 Å². The van der Waals surface area contributed by atoms with Crippen molar-refractivity contribution in [2.45, 2.75) is 44.7 Å². The quantitative estimate of drug-likeness (QED) is 0.730. The third-order valence-electron chi connectivity index (χ3n) is 5.41. The molecule has 1 amide bonds. The summed E-state index contributed by atoms with van der Waals surface area (Å²) in [6, 6.07) is 8.01. The van der Waals surface area contributed by atoms with E-state index in [4.69, 9.17) is 0 Å². The zero-order chi connectivity index (χ0) is 23.0. The van der Waals surface area contributed by atoms with E-state index in [1.807, 2.05) is 19.1 Å². The van der Waals surface area contributed by atoms with Crippen LogP contribution in [0.3, 0.4) is 0 Å². The molecule has 31 heavy (non-hydrogen) atoms. The Labute approximate surface area is 180 Å². The molecule has 0 saturated carbocycles. The SMILES string of the molecule is Cc1cc(C)c(S(=O)(=O)N2CCC[C@H](C(=O)Nc3cccc(C(F)(F)F)c3)C2)c(C)c1. The van der Waals surface area contributed by atoms with E-state index >= 15 is 0 Å². The number of piperidine rings is 1. The lowest BCUT2D eigenvalue weighted by Gasteiger charge is -2.32. The lowest BCUT2D eigenvalue weighted by atomic mass is 9.98. The predicted molar refractivity (Wildman–Crippen MR) is 112 cm³/mol. The van der Waals surface area contributed by atoms with Crippen molar-refractivity contribution in [3.8, 4) is 0 Å². The zero-order valence-electron chi connectivity index (χ0n) is 17.6. The third-order valence-corrected chi connectivity index (χ3v) is 7.59. The molecule has 1 saturated heterocycles. The van der Waals surface area contributed by atoms with E-state index in [-0.39, 0.29) is 17.1 Å². The lowest BCUT2D eigenvalue weighted by Crippen LogP contribution is -2.44. The first-order valence-electron chi connectivity index (χ1n) is 9.95. The second kappa shape index (κ2) is 8.63. The molecule has 9 heteroatoms. The van der Waals surface area contributed by atoms with Crippen molar-refractivity contribution in [2.24, 2.45) is 5.92 Å². The van der Waals surface area contributed by atoms with Gasteiger partial charge in [-0.3, -0.25) is 4.79 Å². The average Bonchev–Trinajstić information content (AvgIpc) is 2.66. The van der Waals surface area contributed by atoms with Crippen LogP contribution in [0.25, 0.3) is 0 Å². The molecule has 2 aromatic carbocycles. The van der Waals surface area contributed by atoms with E-state index in [1.54, 1.807) is 13.8 Å². The maximum absolute atomic E-state index is 13.3. The van der Waals surface area contributed by atoms with Crippen molar-refractivity contribution in [3.05, 3.63) is 58.7 Å². The topological polar surface area (TPSA) is 66.5 Å². The summed E-state index contributed by atoms with van der Waals surface area (Å²) >= 11 is 0. The highest BCUT2D eigenvalue weighted by Crippen LogP contribution is 2.32. The monoisotopic (exact) mass is 454 g/mol. The minimum atomic E-state index is -4.51. The van der Waals surface area contributed by atoms with Gasteiger partial charge in [-0.1, -0.05) is 23.8 Å². The molecule has 1 fully saturated rings. The Morgan fingerprint density at radius 1 is 1.10 bits per heavy atom. The second-order valence-corrected chi connectivity index (χ2v) is 9.87. The molecule has 1 aliphatic heterocycles. The summed E-state index contributed by atoms with van der Waals surface area (Å²) in [6.07, 6.45) is -3.56. The molecule has 0 radical (unpaired) electrons. The van der Waals surface area contributed by atoms with E-state index in [9.17, 15) is 26.4 Å². The van der Waals surface area contributed by atoms with E-state index in [0.717, 1.165) is 17.7 Å². The number of carbonyl (C=O) groups is 1. The number of sulfonamides is 1. The Morgan fingerprint density at radius 2 is 1.74 bits per heavy atom. The summed E-state index contributed by atoms with van der Waals surface area (Å²) < 4.78 is 66.6. The van der Waals surface area contributed by atoms with Crippen LogP contribution in [0.1, 0.15) is 35.1 Å². The predicted octanol–water partition coefficient (Wildman–Crippen LogP) is 4.67. The van der Waals surface area contributed by atoms with E-state index in [1.165, 1.54) is 16.4 Å². The van der Waals surface area contributed by atoms with E-state index in [0.29, 0.717) is 30.5 Å². The Bertz CT molecular complexity index is 1070. The molecule has 1 atom stereocenters. The molecule has 168 valence electrons. The average molecular weight is 455 g/mol. The fourth-order valence-corrected chi connectivity index (χ4v) is 6.03. The smallest absolute Gasteiger partial charge is 0.326 e. The van der Waals surface area contributed by atoms with Crippen LogP contribution in [0.2, 0.25) is 0 Å². The number of benzene rings is 2. The number of alkyl halides is 3. The first-order valence-corrected chi connectivity index (χ1v) is 11.4.